The van der Waals surface area contributed by atoms with Crippen molar-refractivity contribution in [3.05, 3.63) is 64.2 Å². The average molecular weight is 397 g/mol. The topological polar surface area (TPSA) is 137 Å². The third-order valence-corrected chi connectivity index (χ3v) is 3.94. The third kappa shape index (κ3) is 4.21. The molecule has 0 bridgehead atoms. The molecular weight excluding hydrogens is 382 g/mol. The molecule has 148 valence electrons. The van der Waals surface area contributed by atoms with Crippen LogP contribution in [-0.2, 0) is 0 Å². The standard InChI is InChI=1S/C19H15N3O7/c1-27-13-7-8-14(16(9-13)28-2)17-10-15(19(24)29-17)20-21-18(23)11-3-5-12(6-4-11)22(25)26/h3-10,24H,1-2H3. The van der Waals surface area contributed by atoms with Crippen molar-refractivity contribution in [2.75, 3.05) is 14.2 Å². The Kier molecular flexibility index (Phi) is 5.54. The first kappa shape index (κ1) is 19.5. The number of carbonyl (C=O) groups excluding carboxylic acids is 1. The van der Waals surface area contributed by atoms with Crippen molar-refractivity contribution < 1.29 is 28.7 Å². The lowest BCUT2D eigenvalue weighted by Crippen LogP contribution is -1.94. The van der Waals surface area contributed by atoms with Gasteiger partial charge in [0.05, 0.1) is 24.7 Å². The summed E-state index contributed by atoms with van der Waals surface area (Å²) in [5.41, 5.74) is 0.434. The van der Waals surface area contributed by atoms with Crippen LogP contribution in [0.1, 0.15) is 10.4 Å². The van der Waals surface area contributed by atoms with E-state index in [9.17, 15) is 20.0 Å². The first-order valence-corrected chi connectivity index (χ1v) is 8.18. The minimum Gasteiger partial charge on any atom is -0.497 e. The quantitative estimate of drug-likeness (QED) is 0.367. The molecule has 1 N–H and O–H groups in total. The number of ether oxygens (including phenoxy) is 2. The SMILES string of the molecule is COc1ccc(-c2cc(N=NC(=O)c3ccc([N+](=O)[O-])cc3)c(O)o2)c(OC)c1. The Morgan fingerprint density at radius 2 is 1.83 bits per heavy atom. The number of carbonyl (C=O) groups is 1. The normalized spacial score (nSPS) is 10.8. The van der Waals surface area contributed by atoms with E-state index in [1.165, 1.54) is 44.6 Å². The number of methoxy groups -OCH3 is 2. The minimum absolute atomic E-state index is 0.0619. The zero-order valence-electron chi connectivity index (χ0n) is 15.4. The number of non-ortho nitro benzene ring substituents is 1. The van der Waals surface area contributed by atoms with Gasteiger partial charge in [0.2, 0.25) is 0 Å². The number of aromatic hydroxyl groups is 1. The van der Waals surface area contributed by atoms with E-state index >= 15 is 0 Å². The molecule has 10 heteroatoms. The molecule has 10 nitrogen and oxygen atoms in total. The smallest absolute Gasteiger partial charge is 0.311 e. The molecule has 0 saturated carbocycles. The van der Waals surface area contributed by atoms with Gasteiger partial charge in [0.25, 0.3) is 11.6 Å². The Bertz CT molecular complexity index is 1090. The molecule has 2 aromatic carbocycles. The molecule has 0 aliphatic rings. The number of nitrogens with zero attached hydrogens (tertiary/aromatic N) is 3. The van der Waals surface area contributed by atoms with Crippen LogP contribution in [0.25, 0.3) is 11.3 Å². The lowest BCUT2D eigenvalue weighted by atomic mass is 10.1. The molecule has 0 radical (unpaired) electrons. The van der Waals surface area contributed by atoms with E-state index in [0.29, 0.717) is 17.1 Å². The van der Waals surface area contributed by atoms with E-state index in [4.69, 9.17) is 13.9 Å². The van der Waals surface area contributed by atoms with E-state index in [1.807, 2.05) is 0 Å². The summed E-state index contributed by atoms with van der Waals surface area (Å²) in [7, 11) is 3.00. The third-order valence-electron chi connectivity index (χ3n) is 3.94. The second kappa shape index (κ2) is 8.21. The van der Waals surface area contributed by atoms with Gasteiger partial charge in [-0.2, -0.15) is 0 Å². The lowest BCUT2D eigenvalue weighted by Gasteiger charge is -2.07. The fourth-order valence-corrected chi connectivity index (χ4v) is 2.46. The maximum Gasteiger partial charge on any atom is 0.311 e. The summed E-state index contributed by atoms with van der Waals surface area (Å²) in [5.74, 6) is 0.0134. The van der Waals surface area contributed by atoms with Gasteiger partial charge < -0.3 is 19.0 Å². The number of rotatable bonds is 6. The van der Waals surface area contributed by atoms with Gasteiger partial charge >= 0.3 is 5.95 Å². The summed E-state index contributed by atoms with van der Waals surface area (Å²) in [5, 5.41) is 27.9. The number of furan rings is 1. The van der Waals surface area contributed by atoms with E-state index < -0.39 is 16.8 Å². The molecule has 0 aliphatic carbocycles. The van der Waals surface area contributed by atoms with Gasteiger partial charge in [-0.25, -0.2) is 0 Å². The number of nitro benzene ring substituents is 1. The highest BCUT2D eigenvalue weighted by Gasteiger charge is 2.16. The van der Waals surface area contributed by atoms with Gasteiger partial charge in [-0.05, 0) is 24.3 Å². The van der Waals surface area contributed by atoms with Gasteiger partial charge in [-0.3, -0.25) is 14.9 Å². The van der Waals surface area contributed by atoms with Crippen LogP contribution in [0.3, 0.4) is 0 Å². The maximum absolute atomic E-state index is 12.1. The van der Waals surface area contributed by atoms with Gasteiger partial charge in [0, 0.05) is 29.8 Å². The molecule has 1 heterocycles. The van der Waals surface area contributed by atoms with Crippen LogP contribution in [-0.4, -0.2) is 30.2 Å². The largest absolute Gasteiger partial charge is 0.497 e. The van der Waals surface area contributed by atoms with Crippen LogP contribution in [0, 0.1) is 10.1 Å². The first-order valence-electron chi connectivity index (χ1n) is 8.18. The Hall–Kier alpha value is -4.21. The highest BCUT2D eigenvalue weighted by molar-refractivity contribution is 5.94. The molecule has 0 atom stereocenters. The van der Waals surface area contributed by atoms with Crippen molar-refractivity contribution in [3.8, 4) is 28.8 Å². The Morgan fingerprint density at radius 3 is 2.45 bits per heavy atom. The molecule has 0 aliphatic heterocycles. The zero-order chi connectivity index (χ0) is 21.0. The van der Waals surface area contributed by atoms with E-state index in [1.54, 1.807) is 18.2 Å². The molecule has 1 aromatic heterocycles. The summed E-state index contributed by atoms with van der Waals surface area (Å²) in [4.78, 5) is 22.2. The number of nitro groups is 1. The van der Waals surface area contributed by atoms with Gasteiger partial charge in [0.15, 0.2) is 5.69 Å². The van der Waals surface area contributed by atoms with Crippen LogP contribution in [0.15, 0.2) is 63.2 Å². The summed E-state index contributed by atoms with van der Waals surface area (Å²) < 4.78 is 15.7. The Balaban J connectivity index is 1.83. The number of azo groups is 1. The van der Waals surface area contributed by atoms with E-state index in [-0.39, 0.29) is 22.7 Å². The van der Waals surface area contributed by atoms with Crippen molar-refractivity contribution in [1.29, 1.82) is 0 Å². The van der Waals surface area contributed by atoms with Gasteiger partial charge in [-0.15, -0.1) is 10.2 Å². The maximum atomic E-state index is 12.1. The zero-order valence-corrected chi connectivity index (χ0v) is 15.4. The van der Waals surface area contributed by atoms with Crippen molar-refractivity contribution in [1.82, 2.24) is 0 Å². The molecule has 0 fully saturated rings. The van der Waals surface area contributed by atoms with Crippen molar-refractivity contribution in [3.63, 3.8) is 0 Å². The average Bonchev–Trinajstić information content (AvgIpc) is 3.11. The van der Waals surface area contributed by atoms with Crippen LogP contribution in [0.5, 0.6) is 17.4 Å². The second-order valence-electron chi connectivity index (χ2n) is 5.68. The summed E-state index contributed by atoms with van der Waals surface area (Å²) in [6, 6.07) is 11.3. The monoisotopic (exact) mass is 397 g/mol. The number of benzene rings is 2. The summed E-state index contributed by atoms with van der Waals surface area (Å²) in [6.07, 6.45) is 0. The molecule has 3 aromatic rings. The van der Waals surface area contributed by atoms with Crippen LogP contribution in [0.2, 0.25) is 0 Å². The minimum atomic E-state index is -0.732. The van der Waals surface area contributed by atoms with E-state index in [0.717, 1.165) is 0 Å². The predicted octanol–water partition coefficient (Wildman–Crippen LogP) is 4.50. The Labute approximate surface area is 164 Å². The van der Waals surface area contributed by atoms with Gasteiger partial charge in [-0.1, -0.05) is 0 Å². The molecule has 0 unspecified atom stereocenters. The number of hydrogen-bond donors (Lipinski definition) is 1. The summed E-state index contributed by atoms with van der Waals surface area (Å²) in [6.45, 7) is 0. The molecule has 0 spiro atoms. The molecule has 0 saturated heterocycles. The molecule has 3 rings (SSSR count). The fourth-order valence-electron chi connectivity index (χ4n) is 2.46. The number of amides is 1. The van der Waals surface area contributed by atoms with E-state index in [2.05, 4.69) is 10.2 Å². The van der Waals surface area contributed by atoms with Crippen molar-refractivity contribution in [2.45, 2.75) is 0 Å². The first-order chi connectivity index (χ1) is 13.9. The van der Waals surface area contributed by atoms with Crippen LogP contribution in [0.4, 0.5) is 11.4 Å². The highest BCUT2D eigenvalue weighted by Crippen LogP contribution is 2.40. The molecular formula is C19H15N3O7. The fraction of sp³-hybridized carbons (Fsp3) is 0.105. The predicted molar refractivity (Wildman–Crippen MR) is 101 cm³/mol. The lowest BCUT2D eigenvalue weighted by molar-refractivity contribution is -0.384. The highest BCUT2D eigenvalue weighted by atomic mass is 16.6. The van der Waals surface area contributed by atoms with Crippen LogP contribution >= 0.6 is 0 Å². The molecule has 1 amide bonds. The van der Waals surface area contributed by atoms with Crippen molar-refractivity contribution >= 4 is 17.3 Å². The van der Waals surface area contributed by atoms with Gasteiger partial charge in [0.1, 0.15) is 17.3 Å². The molecule has 29 heavy (non-hydrogen) atoms. The Morgan fingerprint density at radius 1 is 1.10 bits per heavy atom. The van der Waals surface area contributed by atoms with Crippen LogP contribution < -0.4 is 9.47 Å². The second-order valence-corrected chi connectivity index (χ2v) is 5.68. The summed E-state index contributed by atoms with van der Waals surface area (Å²) >= 11 is 0. The number of hydrogen-bond acceptors (Lipinski definition) is 8. The van der Waals surface area contributed by atoms with Crippen molar-refractivity contribution in [2.24, 2.45) is 10.2 Å².